The Balaban J connectivity index is 2.23. The van der Waals surface area contributed by atoms with Crippen molar-refractivity contribution in [2.45, 2.75) is 26.8 Å². The Morgan fingerprint density at radius 1 is 1.05 bits per heavy atom. The van der Waals surface area contributed by atoms with Gasteiger partial charge in [-0.2, -0.15) is 0 Å². The largest absolute Gasteiger partial charge is 0.308 e. The molecule has 0 heterocycles. The Morgan fingerprint density at radius 2 is 1.67 bits per heavy atom. The van der Waals surface area contributed by atoms with Gasteiger partial charge in [0.1, 0.15) is 0 Å². The molecule has 0 radical (unpaired) electrons. The van der Waals surface area contributed by atoms with Crippen LogP contribution in [0.1, 0.15) is 25.8 Å². The first kappa shape index (κ1) is 15.6. The predicted molar refractivity (Wildman–Crippen MR) is 88.5 cm³/mol. The lowest BCUT2D eigenvalue weighted by Gasteiger charge is -2.24. The number of hydrogen-bond acceptors (Lipinski definition) is 1. The molecule has 0 spiro atoms. The molecule has 2 aromatic rings. The normalized spacial score (nSPS) is 10.7. The lowest BCUT2D eigenvalue weighted by Crippen LogP contribution is -2.31. The van der Waals surface area contributed by atoms with Crippen molar-refractivity contribution in [1.82, 2.24) is 0 Å². The first-order chi connectivity index (χ1) is 10.1. The summed E-state index contributed by atoms with van der Waals surface area (Å²) in [6.45, 7) is 4.68. The number of carbonyl (C=O) groups is 1. The third-order valence-electron chi connectivity index (χ3n) is 3.21. The van der Waals surface area contributed by atoms with E-state index >= 15 is 0 Å². The Kier molecular flexibility index (Phi) is 5.40. The molecule has 0 aromatic heterocycles. The zero-order chi connectivity index (χ0) is 15.2. The van der Waals surface area contributed by atoms with E-state index in [0.717, 1.165) is 11.3 Å². The molecule has 0 saturated heterocycles. The van der Waals surface area contributed by atoms with Crippen LogP contribution in [0.15, 0.2) is 54.6 Å². The van der Waals surface area contributed by atoms with Gasteiger partial charge in [-0.15, -0.1) is 0 Å². The minimum Gasteiger partial charge on any atom is -0.308 e. The molecular formula is C18H20ClNO. The molecule has 0 bridgehead atoms. The molecule has 0 N–H and O–H groups in total. The van der Waals surface area contributed by atoms with Gasteiger partial charge < -0.3 is 4.90 Å². The first-order valence-electron chi connectivity index (χ1n) is 7.16. The fourth-order valence-corrected chi connectivity index (χ4v) is 2.29. The fraction of sp³-hybridized carbons (Fsp3) is 0.278. The minimum atomic E-state index is 0.145. The Labute approximate surface area is 131 Å². The zero-order valence-electron chi connectivity index (χ0n) is 12.4. The van der Waals surface area contributed by atoms with Crippen molar-refractivity contribution in [2.24, 2.45) is 5.92 Å². The van der Waals surface area contributed by atoms with Gasteiger partial charge in [-0.3, -0.25) is 4.79 Å². The number of carbonyl (C=O) groups excluding carboxylic acids is 1. The molecule has 21 heavy (non-hydrogen) atoms. The van der Waals surface area contributed by atoms with Crippen LogP contribution in [0.4, 0.5) is 5.69 Å². The summed E-state index contributed by atoms with van der Waals surface area (Å²) < 4.78 is 0. The van der Waals surface area contributed by atoms with Gasteiger partial charge in [-0.1, -0.05) is 55.8 Å². The lowest BCUT2D eigenvalue weighted by molar-refractivity contribution is -0.119. The van der Waals surface area contributed by atoms with Gasteiger partial charge in [0, 0.05) is 17.1 Å². The molecule has 110 valence electrons. The van der Waals surface area contributed by atoms with Crippen molar-refractivity contribution >= 4 is 23.2 Å². The highest BCUT2D eigenvalue weighted by atomic mass is 35.5. The van der Waals surface area contributed by atoms with E-state index in [1.54, 1.807) is 0 Å². The van der Waals surface area contributed by atoms with Gasteiger partial charge >= 0.3 is 0 Å². The SMILES string of the molecule is CC(C)CC(=O)N(Cc1ccc(Cl)cc1)c1ccccc1. The summed E-state index contributed by atoms with van der Waals surface area (Å²) in [6, 6.07) is 17.4. The van der Waals surface area contributed by atoms with Gasteiger partial charge in [0.2, 0.25) is 5.91 Å². The minimum absolute atomic E-state index is 0.145. The van der Waals surface area contributed by atoms with E-state index in [1.807, 2.05) is 59.5 Å². The maximum absolute atomic E-state index is 12.5. The third kappa shape index (κ3) is 4.61. The van der Waals surface area contributed by atoms with Crippen LogP contribution in [0, 0.1) is 5.92 Å². The van der Waals surface area contributed by atoms with Crippen LogP contribution < -0.4 is 4.90 Å². The van der Waals surface area contributed by atoms with Crippen LogP contribution in [0.25, 0.3) is 0 Å². The van der Waals surface area contributed by atoms with Crippen molar-refractivity contribution in [3.63, 3.8) is 0 Å². The average Bonchev–Trinajstić information content (AvgIpc) is 2.46. The molecule has 0 atom stereocenters. The number of nitrogens with zero attached hydrogens (tertiary/aromatic N) is 1. The topological polar surface area (TPSA) is 20.3 Å². The summed E-state index contributed by atoms with van der Waals surface area (Å²) in [5.41, 5.74) is 2.00. The highest BCUT2D eigenvalue weighted by molar-refractivity contribution is 6.30. The van der Waals surface area contributed by atoms with Gasteiger partial charge in [0.15, 0.2) is 0 Å². The number of rotatable bonds is 5. The smallest absolute Gasteiger partial charge is 0.227 e. The van der Waals surface area contributed by atoms with Crippen LogP contribution in [-0.2, 0) is 11.3 Å². The summed E-state index contributed by atoms with van der Waals surface area (Å²) in [6.07, 6.45) is 0.544. The highest BCUT2D eigenvalue weighted by Gasteiger charge is 2.17. The number of para-hydroxylation sites is 1. The van der Waals surface area contributed by atoms with Gasteiger partial charge in [0.25, 0.3) is 0 Å². The molecule has 0 unspecified atom stereocenters. The van der Waals surface area contributed by atoms with E-state index in [-0.39, 0.29) is 5.91 Å². The maximum atomic E-state index is 12.5. The monoisotopic (exact) mass is 301 g/mol. The molecule has 0 aliphatic rings. The summed E-state index contributed by atoms with van der Waals surface area (Å²) in [4.78, 5) is 14.4. The van der Waals surface area contributed by atoms with Crippen molar-refractivity contribution in [1.29, 1.82) is 0 Å². The van der Waals surface area contributed by atoms with Gasteiger partial charge in [-0.05, 0) is 35.7 Å². The fourth-order valence-electron chi connectivity index (χ4n) is 2.16. The second kappa shape index (κ2) is 7.28. The summed E-state index contributed by atoms with van der Waals surface area (Å²) >= 11 is 5.92. The molecule has 2 rings (SSSR count). The van der Waals surface area contributed by atoms with Gasteiger partial charge in [0.05, 0.1) is 6.54 Å². The average molecular weight is 302 g/mol. The molecule has 2 nitrogen and oxygen atoms in total. The molecule has 0 aliphatic carbocycles. The maximum Gasteiger partial charge on any atom is 0.227 e. The van der Waals surface area contributed by atoms with Crippen molar-refractivity contribution in [3.8, 4) is 0 Å². The molecule has 3 heteroatoms. The number of amides is 1. The van der Waals surface area contributed by atoms with Crippen molar-refractivity contribution in [2.75, 3.05) is 4.90 Å². The van der Waals surface area contributed by atoms with Crippen LogP contribution in [-0.4, -0.2) is 5.91 Å². The molecule has 0 aliphatic heterocycles. The molecule has 0 saturated carbocycles. The number of anilines is 1. The zero-order valence-corrected chi connectivity index (χ0v) is 13.2. The standard InChI is InChI=1S/C18H20ClNO/c1-14(2)12-18(21)20(17-6-4-3-5-7-17)13-15-8-10-16(19)11-9-15/h3-11,14H,12-13H2,1-2H3. The van der Waals surface area contributed by atoms with Crippen LogP contribution in [0.2, 0.25) is 5.02 Å². The molecule has 0 fully saturated rings. The second-order valence-corrected chi connectivity index (χ2v) is 5.98. The van der Waals surface area contributed by atoms with Gasteiger partial charge in [-0.25, -0.2) is 0 Å². The molecule has 1 amide bonds. The highest BCUT2D eigenvalue weighted by Crippen LogP contribution is 2.20. The van der Waals surface area contributed by atoms with E-state index in [0.29, 0.717) is 23.9 Å². The van der Waals surface area contributed by atoms with Crippen LogP contribution in [0.3, 0.4) is 0 Å². The number of hydrogen-bond donors (Lipinski definition) is 0. The third-order valence-corrected chi connectivity index (χ3v) is 3.46. The molecular weight excluding hydrogens is 282 g/mol. The van der Waals surface area contributed by atoms with E-state index in [9.17, 15) is 4.79 Å². The first-order valence-corrected chi connectivity index (χ1v) is 7.54. The van der Waals surface area contributed by atoms with E-state index in [2.05, 4.69) is 13.8 Å². The summed E-state index contributed by atoms with van der Waals surface area (Å²) in [7, 11) is 0. The van der Waals surface area contributed by atoms with E-state index in [1.165, 1.54) is 0 Å². The van der Waals surface area contributed by atoms with E-state index in [4.69, 9.17) is 11.6 Å². The lowest BCUT2D eigenvalue weighted by atomic mass is 10.1. The Bertz CT molecular complexity index is 578. The Hall–Kier alpha value is -1.80. The quantitative estimate of drug-likeness (QED) is 0.767. The van der Waals surface area contributed by atoms with Crippen LogP contribution >= 0.6 is 11.6 Å². The van der Waals surface area contributed by atoms with Crippen molar-refractivity contribution in [3.05, 3.63) is 65.2 Å². The summed E-state index contributed by atoms with van der Waals surface area (Å²) in [5.74, 6) is 0.486. The summed E-state index contributed by atoms with van der Waals surface area (Å²) in [5, 5.41) is 0.707. The van der Waals surface area contributed by atoms with E-state index < -0.39 is 0 Å². The van der Waals surface area contributed by atoms with Crippen molar-refractivity contribution < 1.29 is 4.79 Å². The number of benzene rings is 2. The molecule has 2 aromatic carbocycles. The Morgan fingerprint density at radius 3 is 2.24 bits per heavy atom. The second-order valence-electron chi connectivity index (χ2n) is 5.54. The predicted octanol–water partition coefficient (Wildman–Crippen LogP) is 4.92. The van der Waals surface area contributed by atoms with Crippen LogP contribution in [0.5, 0.6) is 0 Å². The number of halogens is 1.